The Labute approximate surface area is 114 Å². The summed E-state index contributed by atoms with van der Waals surface area (Å²) >= 11 is 0. The van der Waals surface area contributed by atoms with Crippen LogP contribution in [0, 0.1) is 0 Å². The highest BCUT2D eigenvalue weighted by Crippen LogP contribution is 2.17. The molecular weight excluding hydrogens is 246 g/mol. The number of unbranched alkanes of at least 4 members (excludes halogenated alkanes) is 2. The van der Waals surface area contributed by atoms with Crippen molar-refractivity contribution in [1.82, 2.24) is 15.6 Å². The average Bonchev–Trinajstić information content (AvgIpc) is 3.06. The number of nitrogens with one attached hydrogen (secondary N) is 1. The van der Waals surface area contributed by atoms with Crippen LogP contribution < -0.4 is 5.32 Å². The van der Waals surface area contributed by atoms with Crippen LogP contribution in [-0.4, -0.2) is 40.4 Å². The van der Waals surface area contributed by atoms with Crippen molar-refractivity contribution in [2.45, 2.75) is 57.8 Å². The normalized spacial score (nSPS) is 20.3. The van der Waals surface area contributed by atoms with Crippen LogP contribution in [0.5, 0.6) is 0 Å². The topological polar surface area (TPSA) is 83.7 Å². The van der Waals surface area contributed by atoms with Crippen molar-refractivity contribution in [3.8, 4) is 0 Å². The number of hydrogen-bond donors (Lipinski definition) is 2. The van der Waals surface area contributed by atoms with E-state index >= 15 is 0 Å². The molecule has 0 spiro atoms. The van der Waals surface area contributed by atoms with Gasteiger partial charge in [-0.05, 0) is 19.3 Å². The second kappa shape index (κ2) is 9.01. The van der Waals surface area contributed by atoms with Gasteiger partial charge in [0, 0.05) is 6.54 Å². The van der Waals surface area contributed by atoms with Crippen molar-refractivity contribution in [3.05, 3.63) is 12.4 Å². The molecule has 0 radical (unpaired) electrons. The molecule has 2 rings (SSSR count). The maximum atomic E-state index is 10.2. The number of rotatable bonds is 8. The first kappa shape index (κ1) is 16.1. The second-order valence-corrected chi connectivity index (χ2v) is 4.77. The van der Waals surface area contributed by atoms with Gasteiger partial charge in [0.25, 0.3) is 0 Å². The predicted molar refractivity (Wildman–Crippen MR) is 71.4 cm³/mol. The minimum absolute atomic E-state index is 0.347. The summed E-state index contributed by atoms with van der Waals surface area (Å²) in [5.41, 5.74) is -0.666. The Balaban J connectivity index is 0.000000300. The van der Waals surface area contributed by atoms with Crippen LogP contribution in [0.3, 0.4) is 0 Å². The van der Waals surface area contributed by atoms with E-state index in [1.165, 1.54) is 25.2 Å². The quantitative estimate of drug-likeness (QED) is 0.425. The van der Waals surface area contributed by atoms with Crippen LogP contribution in [0.2, 0.25) is 0 Å². The summed E-state index contributed by atoms with van der Waals surface area (Å²) in [6.07, 6.45) is 8.40. The second-order valence-electron chi connectivity index (χ2n) is 4.77. The molecule has 2 atom stereocenters. The highest BCUT2D eigenvalue weighted by Gasteiger charge is 2.28. The number of epoxide rings is 1. The summed E-state index contributed by atoms with van der Waals surface area (Å²) in [7, 11) is 0. The molecule has 0 amide bonds. The van der Waals surface area contributed by atoms with Crippen LogP contribution in [0.15, 0.2) is 17.0 Å². The van der Waals surface area contributed by atoms with Crippen molar-refractivity contribution in [1.29, 1.82) is 0 Å². The van der Waals surface area contributed by atoms with Gasteiger partial charge in [-0.1, -0.05) is 37.0 Å². The number of aromatic nitrogens is 2. The molecule has 110 valence electrons. The highest BCUT2D eigenvalue weighted by molar-refractivity contribution is 4.79. The van der Waals surface area contributed by atoms with Crippen molar-refractivity contribution >= 4 is 0 Å². The fraction of sp³-hybridized carbons (Fsp3) is 0.846. The lowest BCUT2D eigenvalue weighted by molar-refractivity contribution is -0.00994. The first-order chi connectivity index (χ1) is 9.20. The highest BCUT2D eigenvalue weighted by atomic mass is 16.6. The van der Waals surface area contributed by atoms with Crippen LogP contribution in [0.4, 0.5) is 0 Å². The number of aliphatic hydroxyl groups is 1. The Morgan fingerprint density at radius 2 is 2.00 bits per heavy atom. The zero-order valence-electron chi connectivity index (χ0n) is 11.8. The van der Waals surface area contributed by atoms with E-state index in [1.807, 2.05) is 6.92 Å². The van der Waals surface area contributed by atoms with Gasteiger partial charge in [0.2, 0.25) is 0 Å². The van der Waals surface area contributed by atoms with Crippen LogP contribution in [-0.2, 0) is 4.74 Å². The molecule has 1 aromatic rings. The summed E-state index contributed by atoms with van der Waals surface area (Å²) in [6.45, 7) is 5.83. The molecule has 2 heterocycles. The summed E-state index contributed by atoms with van der Waals surface area (Å²) in [4.78, 5) is 0. The molecule has 1 saturated heterocycles. The summed E-state index contributed by atoms with van der Waals surface area (Å²) in [6, 6.07) is 0. The molecule has 0 saturated carbocycles. The standard InChI is InChI=1S/C11H23NO2.C2H2N2O/c1-3-5-6-7-11(13,4-2)12-8-10-9-14-10;1-2-4-5-3-1/h10,12-13H,3-9H2,1-2H3;1-2H. The molecule has 19 heavy (non-hydrogen) atoms. The Hall–Kier alpha value is -0.980. The van der Waals surface area contributed by atoms with Gasteiger partial charge >= 0.3 is 0 Å². The predicted octanol–water partition coefficient (Wildman–Crippen LogP) is 1.72. The van der Waals surface area contributed by atoms with Gasteiger partial charge in [0.05, 0.1) is 25.1 Å². The van der Waals surface area contributed by atoms with Gasteiger partial charge in [-0.3, -0.25) is 5.32 Å². The fourth-order valence-electron chi connectivity index (χ4n) is 1.68. The smallest absolute Gasteiger partial charge is 0.115 e. The van der Waals surface area contributed by atoms with Gasteiger partial charge in [0.1, 0.15) is 5.72 Å². The van der Waals surface area contributed by atoms with E-state index in [9.17, 15) is 5.11 Å². The lowest BCUT2D eigenvalue weighted by Gasteiger charge is -2.28. The minimum Gasteiger partial charge on any atom is -0.376 e. The first-order valence-electron chi connectivity index (χ1n) is 7.00. The molecule has 2 unspecified atom stereocenters. The van der Waals surface area contributed by atoms with Crippen molar-refractivity contribution in [2.75, 3.05) is 13.2 Å². The first-order valence-corrected chi connectivity index (χ1v) is 7.00. The van der Waals surface area contributed by atoms with Crippen molar-refractivity contribution in [3.63, 3.8) is 0 Å². The lowest BCUT2D eigenvalue weighted by Crippen LogP contribution is -2.46. The third kappa shape index (κ3) is 7.92. The van der Waals surface area contributed by atoms with E-state index in [2.05, 4.69) is 27.2 Å². The summed E-state index contributed by atoms with van der Waals surface area (Å²) < 4.78 is 9.18. The van der Waals surface area contributed by atoms with Gasteiger partial charge in [0.15, 0.2) is 0 Å². The fourth-order valence-corrected chi connectivity index (χ4v) is 1.68. The molecule has 6 nitrogen and oxygen atoms in total. The third-order valence-corrected chi connectivity index (χ3v) is 3.12. The van der Waals surface area contributed by atoms with E-state index < -0.39 is 5.72 Å². The van der Waals surface area contributed by atoms with Gasteiger partial charge in [-0.25, -0.2) is 4.63 Å². The molecular formula is C13H25N3O3. The largest absolute Gasteiger partial charge is 0.376 e. The van der Waals surface area contributed by atoms with Crippen LogP contribution in [0.25, 0.3) is 0 Å². The molecule has 6 heteroatoms. The summed E-state index contributed by atoms with van der Waals surface area (Å²) in [5, 5.41) is 19.8. The number of hydrogen-bond acceptors (Lipinski definition) is 6. The number of nitrogens with zero attached hydrogens (tertiary/aromatic N) is 2. The van der Waals surface area contributed by atoms with E-state index in [1.54, 1.807) is 0 Å². The zero-order chi connectivity index (χ0) is 14.0. The lowest BCUT2D eigenvalue weighted by atomic mass is 10.0. The third-order valence-electron chi connectivity index (χ3n) is 3.12. The molecule has 1 fully saturated rings. The van der Waals surface area contributed by atoms with Crippen LogP contribution >= 0.6 is 0 Å². The molecule has 2 N–H and O–H groups in total. The van der Waals surface area contributed by atoms with Gasteiger partial charge in [-0.2, -0.15) is 0 Å². The minimum atomic E-state index is -0.666. The van der Waals surface area contributed by atoms with Crippen molar-refractivity contribution in [2.24, 2.45) is 0 Å². The Bertz CT molecular complexity index is 287. The van der Waals surface area contributed by atoms with E-state index in [4.69, 9.17) is 4.74 Å². The molecule has 1 aliphatic heterocycles. The maximum Gasteiger partial charge on any atom is 0.115 e. The van der Waals surface area contributed by atoms with Crippen molar-refractivity contribution < 1.29 is 14.5 Å². The number of ether oxygens (including phenoxy) is 1. The van der Waals surface area contributed by atoms with E-state index in [-0.39, 0.29) is 0 Å². The Morgan fingerprint density at radius 1 is 1.32 bits per heavy atom. The molecule has 0 bridgehead atoms. The Kier molecular flexibility index (Phi) is 7.62. The SMILES string of the molecule is CCCCCC(O)(CC)NCC1CO1.c1cnon1. The van der Waals surface area contributed by atoms with Gasteiger partial charge < -0.3 is 9.84 Å². The van der Waals surface area contributed by atoms with E-state index in [0.29, 0.717) is 6.10 Å². The zero-order valence-corrected chi connectivity index (χ0v) is 11.8. The molecule has 0 aliphatic carbocycles. The van der Waals surface area contributed by atoms with E-state index in [0.717, 1.165) is 32.4 Å². The van der Waals surface area contributed by atoms with Gasteiger partial charge in [-0.15, -0.1) is 0 Å². The monoisotopic (exact) mass is 271 g/mol. The molecule has 0 aromatic carbocycles. The van der Waals surface area contributed by atoms with Crippen LogP contribution in [0.1, 0.15) is 46.0 Å². The maximum absolute atomic E-state index is 10.2. The molecule has 1 aromatic heterocycles. The Morgan fingerprint density at radius 3 is 2.42 bits per heavy atom. The summed E-state index contributed by atoms with van der Waals surface area (Å²) in [5.74, 6) is 0. The average molecular weight is 271 g/mol. The molecule has 1 aliphatic rings.